The van der Waals surface area contributed by atoms with Crippen molar-refractivity contribution in [2.45, 2.75) is 89.2 Å². The van der Waals surface area contributed by atoms with Gasteiger partial charge in [-0.3, -0.25) is 9.59 Å². The van der Waals surface area contributed by atoms with Crippen LogP contribution in [0.4, 0.5) is 0 Å². The van der Waals surface area contributed by atoms with Gasteiger partial charge in [0.25, 0.3) is 0 Å². The van der Waals surface area contributed by atoms with Gasteiger partial charge in [0.05, 0.1) is 47.7 Å². The molecule has 3 aliphatic rings. The number of benzene rings is 2. The molecule has 2 aromatic carbocycles. The number of aromatic hydroxyl groups is 2. The van der Waals surface area contributed by atoms with Crippen molar-refractivity contribution < 1.29 is 44.2 Å². The molecular formula is C33H46ClN3O9. The third kappa shape index (κ3) is 6.25. The summed E-state index contributed by atoms with van der Waals surface area (Å²) in [5.74, 6) is -2.15. The molecule has 13 heteroatoms. The monoisotopic (exact) mass is 663 g/mol. The van der Waals surface area contributed by atoms with Crippen molar-refractivity contribution in [2.75, 3.05) is 33.3 Å². The molecule has 2 aromatic rings. The highest BCUT2D eigenvalue weighted by molar-refractivity contribution is 6.31. The smallest absolute Gasteiger partial charge is 0.202 e. The van der Waals surface area contributed by atoms with Crippen LogP contribution in [-0.2, 0) is 15.9 Å². The number of ketones is 2. The van der Waals surface area contributed by atoms with Gasteiger partial charge in [0.2, 0.25) is 5.78 Å². The number of hydrogen-bond donors (Lipinski definition) is 6. The summed E-state index contributed by atoms with van der Waals surface area (Å²) < 4.78 is 17.6. The molecule has 5 rings (SSSR count). The van der Waals surface area contributed by atoms with E-state index in [1.54, 1.807) is 19.1 Å². The molecule has 0 amide bonds. The Kier molecular flexibility index (Phi) is 11.1. The summed E-state index contributed by atoms with van der Waals surface area (Å²) in [6.45, 7) is 10.8. The second kappa shape index (κ2) is 14.1. The van der Waals surface area contributed by atoms with Gasteiger partial charge in [-0.15, -0.1) is 12.4 Å². The molecular weight excluding hydrogens is 618 g/mol. The molecule has 1 heterocycles. The van der Waals surface area contributed by atoms with Crippen LogP contribution in [0, 0.1) is 0 Å². The predicted molar refractivity (Wildman–Crippen MR) is 172 cm³/mol. The highest BCUT2D eigenvalue weighted by Gasteiger charge is 2.49. The van der Waals surface area contributed by atoms with E-state index >= 15 is 0 Å². The largest absolute Gasteiger partial charge is 0.507 e. The number of aliphatic hydroxyl groups excluding tert-OH is 1. The topological polar surface area (TPSA) is 184 Å². The molecule has 1 fully saturated rings. The third-order valence-corrected chi connectivity index (χ3v) is 9.75. The molecule has 0 aromatic heterocycles. The van der Waals surface area contributed by atoms with Gasteiger partial charge in [-0.2, -0.15) is 0 Å². The van der Waals surface area contributed by atoms with Gasteiger partial charge in [-0.05, 0) is 33.0 Å². The fraction of sp³-hybridized carbons (Fsp3) is 0.576. The molecule has 1 saturated heterocycles. The van der Waals surface area contributed by atoms with Gasteiger partial charge in [0.1, 0.15) is 17.2 Å². The standard InChI is InChI=1S/C33H45N3O9.ClH/c1-6-36(7-2)12-11-35-17(4)33(42)14-19-25(22(15-33)45-23-13-20(34)28(37)16(3)44-23)32(41)27-26(30(19)39)29(38)18-9-8-10-21(43-5)24(18)31(27)40;/h8-10,16-17,20,22-23,28,35,37,39,41-42H,6-7,11-15,34H2,1-5H3;1H. The highest BCUT2D eigenvalue weighted by Crippen LogP contribution is 2.53. The molecule has 1 aliphatic heterocycles. The van der Waals surface area contributed by atoms with Crippen LogP contribution in [0.3, 0.4) is 0 Å². The van der Waals surface area contributed by atoms with Gasteiger partial charge < -0.3 is 50.6 Å². The lowest BCUT2D eigenvalue weighted by atomic mass is 9.71. The van der Waals surface area contributed by atoms with Gasteiger partial charge in [0, 0.05) is 61.1 Å². The maximum atomic E-state index is 13.9. The van der Waals surface area contributed by atoms with Crippen LogP contribution in [-0.4, -0.2) is 106 Å². The van der Waals surface area contributed by atoms with Crippen molar-refractivity contribution in [1.82, 2.24) is 10.2 Å². The summed E-state index contributed by atoms with van der Waals surface area (Å²) in [6.07, 6.45) is -3.55. The number of phenols is 2. The highest BCUT2D eigenvalue weighted by atomic mass is 35.5. The lowest BCUT2D eigenvalue weighted by molar-refractivity contribution is -0.248. The maximum Gasteiger partial charge on any atom is 0.202 e. The Balaban J connectivity index is 0.00000480. The summed E-state index contributed by atoms with van der Waals surface area (Å²) in [6, 6.07) is 3.45. The molecule has 0 radical (unpaired) electrons. The van der Waals surface area contributed by atoms with Gasteiger partial charge in [-0.1, -0.05) is 26.0 Å². The zero-order valence-corrected chi connectivity index (χ0v) is 27.7. The number of carbonyl (C=O) groups excluding carboxylic acids is 2. The molecule has 12 nitrogen and oxygen atoms in total. The minimum absolute atomic E-state index is 0. The first-order valence-electron chi connectivity index (χ1n) is 15.7. The van der Waals surface area contributed by atoms with Crippen molar-refractivity contribution in [1.29, 1.82) is 0 Å². The molecule has 46 heavy (non-hydrogen) atoms. The normalized spacial score (nSPS) is 27.8. The number of nitrogens with one attached hydrogen (secondary N) is 1. The Morgan fingerprint density at radius 1 is 1.13 bits per heavy atom. The van der Waals surface area contributed by atoms with Crippen LogP contribution in [0.25, 0.3) is 0 Å². The fourth-order valence-corrected chi connectivity index (χ4v) is 6.92. The molecule has 254 valence electrons. The zero-order chi connectivity index (χ0) is 32.8. The third-order valence-electron chi connectivity index (χ3n) is 9.75. The average Bonchev–Trinajstić information content (AvgIpc) is 3.01. The number of likely N-dealkylation sites (N-methyl/N-ethyl adjacent to an activating group) is 1. The van der Waals surface area contributed by atoms with E-state index in [4.69, 9.17) is 19.9 Å². The zero-order valence-electron chi connectivity index (χ0n) is 26.9. The number of rotatable bonds is 10. The number of nitrogens with two attached hydrogens (primary N) is 1. The summed E-state index contributed by atoms with van der Waals surface area (Å²) in [5, 5.41) is 49.4. The summed E-state index contributed by atoms with van der Waals surface area (Å²) >= 11 is 0. The van der Waals surface area contributed by atoms with E-state index in [2.05, 4.69) is 24.1 Å². The number of aliphatic hydroxyl groups is 2. The minimum atomic E-state index is -1.50. The summed E-state index contributed by atoms with van der Waals surface area (Å²) in [4.78, 5) is 29.9. The van der Waals surface area contributed by atoms with Gasteiger partial charge in [-0.25, -0.2) is 0 Å². The Morgan fingerprint density at radius 3 is 2.43 bits per heavy atom. The van der Waals surface area contributed by atoms with Crippen molar-refractivity contribution in [3.05, 3.63) is 51.6 Å². The van der Waals surface area contributed by atoms with E-state index in [1.807, 2.05) is 6.92 Å². The van der Waals surface area contributed by atoms with Crippen molar-refractivity contribution in [3.63, 3.8) is 0 Å². The summed E-state index contributed by atoms with van der Waals surface area (Å²) in [5.41, 5.74) is 4.24. The van der Waals surface area contributed by atoms with Crippen LogP contribution in [0.5, 0.6) is 17.2 Å². The van der Waals surface area contributed by atoms with E-state index < -0.39 is 65.4 Å². The molecule has 0 spiro atoms. The van der Waals surface area contributed by atoms with Crippen molar-refractivity contribution >= 4 is 24.0 Å². The van der Waals surface area contributed by atoms with Gasteiger partial charge in [0.15, 0.2) is 12.1 Å². The lowest BCUT2D eigenvalue weighted by Crippen LogP contribution is -2.55. The average molecular weight is 664 g/mol. The van der Waals surface area contributed by atoms with Crippen molar-refractivity contribution in [2.24, 2.45) is 5.73 Å². The molecule has 2 aliphatic carbocycles. The second-order valence-electron chi connectivity index (χ2n) is 12.4. The number of hydrogen-bond acceptors (Lipinski definition) is 12. The van der Waals surface area contributed by atoms with Crippen LogP contribution in [0.15, 0.2) is 18.2 Å². The Bertz CT molecular complexity index is 1460. The number of fused-ring (bicyclic) bond motifs is 3. The molecule has 7 unspecified atom stereocenters. The Hall–Kier alpha value is -2.81. The number of phenolic OH excluding ortho intramolecular Hbond substituents is 2. The van der Waals surface area contributed by atoms with Crippen LogP contribution in [0.1, 0.15) is 89.6 Å². The molecule has 0 bridgehead atoms. The predicted octanol–water partition coefficient (Wildman–Crippen LogP) is 2.18. The van der Waals surface area contributed by atoms with Crippen LogP contribution in [0.2, 0.25) is 0 Å². The van der Waals surface area contributed by atoms with Gasteiger partial charge >= 0.3 is 0 Å². The number of carbonyl (C=O) groups is 2. The van der Waals surface area contributed by atoms with Crippen molar-refractivity contribution in [3.8, 4) is 17.2 Å². The van der Waals surface area contributed by atoms with E-state index in [9.17, 15) is 30.0 Å². The van der Waals surface area contributed by atoms with E-state index in [0.29, 0.717) is 6.54 Å². The van der Waals surface area contributed by atoms with E-state index in [-0.39, 0.29) is 70.8 Å². The first kappa shape index (κ1) is 36.0. The number of halogens is 1. The Labute approximate surface area is 275 Å². The molecule has 7 N–H and O–H groups in total. The maximum absolute atomic E-state index is 13.9. The number of ether oxygens (including phenoxy) is 3. The van der Waals surface area contributed by atoms with E-state index in [0.717, 1.165) is 19.6 Å². The first-order valence-corrected chi connectivity index (χ1v) is 15.7. The molecule has 7 atom stereocenters. The second-order valence-corrected chi connectivity index (χ2v) is 12.4. The van der Waals surface area contributed by atoms with Crippen LogP contribution >= 0.6 is 12.4 Å². The first-order chi connectivity index (χ1) is 21.4. The van der Waals surface area contributed by atoms with Crippen LogP contribution < -0.4 is 15.8 Å². The number of nitrogens with zero attached hydrogens (tertiary/aromatic N) is 1. The quantitative estimate of drug-likeness (QED) is 0.174. The fourth-order valence-electron chi connectivity index (χ4n) is 6.92. The SMILES string of the molecule is CCN(CC)CCNC(C)C1(O)Cc2c(O)c3c(c(O)c2C(OC2CC(N)C(O)C(C)O2)C1)C(=O)c1c(OC)cccc1C3=O.Cl. The number of methoxy groups -OCH3 is 1. The molecule has 0 saturated carbocycles. The Morgan fingerprint density at radius 2 is 1.80 bits per heavy atom. The lowest BCUT2D eigenvalue weighted by Gasteiger charge is -2.45. The van der Waals surface area contributed by atoms with E-state index in [1.165, 1.54) is 13.2 Å². The minimum Gasteiger partial charge on any atom is -0.507 e. The summed E-state index contributed by atoms with van der Waals surface area (Å²) in [7, 11) is 1.38.